The van der Waals surface area contributed by atoms with Gasteiger partial charge in [0.15, 0.2) is 0 Å². The molecule has 1 aliphatic heterocycles. The Kier molecular flexibility index (Phi) is 2.99. The molecule has 2 rings (SSSR count). The number of rotatable bonds is 2. The van der Waals surface area contributed by atoms with Crippen molar-refractivity contribution in [3.8, 4) is 0 Å². The summed E-state index contributed by atoms with van der Waals surface area (Å²) in [6.45, 7) is 3.54. The maximum atomic E-state index is 5.79. The second kappa shape index (κ2) is 4.24. The van der Waals surface area contributed by atoms with Crippen LogP contribution < -0.4 is 0 Å². The van der Waals surface area contributed by atoms with Crippen LogP contribution in [-0.2, 0) is 10.6 Å². The fraction of sp³-hybridized carbons (Fsp3) is 0.600. The van der Waals surface area contributed by atoms with E-state index in [4.69, 9.17) is 16.3 Å². The van der Waals surface area contributed by atoms with Gasteiger partial charge >= 0.3 is 0 Å². The first-order valence-corrected chi connectivity index (χ1v) is 5.31. The van der Waals surface area contributed by atoms with Crippen LogP contribution in [0.5, 0.6) is 0 Å². The third-order valence-corrected chi connectivity index (χ3v) is 2.77. The van der Waals surface area contributed by atoms with Crippen LogP contribution in [0.2, 0.25) is 0 Å². The van der Waals surface area contributed by atoms with Gasteiger partial charge in [0, 0.05) is 18.7 Å². The Bertz CT molecular complexity index is 324. The first kappa shape index (κ1) is 9.87. The number of hydrogen-bond acceptors (Lipinski definition) is 3. The van der Waals surface area contributed by atoms with Crippen molar-refractivity contribution in [3.63, 3.8) is 0 Å². The minimum atomic E-state index is 0.359. The zero-order valence-corrected chi connectivity index (χ0v) is 8.92. The summed E-state index contributed by atoms with van der Waals surface area (Å²) in [5.41, 5.74) is 1.99. The second-order valence-electron chi connectivity index (χ2n) is 3.55. The van der Waals surface area contributed by atoms with Crippen molar-refractivity contribution in [1.29, 1.82) is 0 Å². The molecule has 4 heteroatoms. The number of aromatic nitrogens is 2. The molecule has 1 saturated heterocycles. The molecule has 1 aromatic rings. The first-order valence-electron chi connectivity index (χ1n) is 4.77. The maximum absolute atomic E-state index is 5.79. The quantitative estimate of drug-likeness (QED) is 0.704. The molecule has 2 heterocycles. The predicted molar refractivity (Wildman–Crippen MR) is 54.5 cm³/mol. The number of alkyl halides is 1. The monoisotopic (exact) mass is 212 g/mol. The summed E-state index contributed by atoms with van der Waals surface area (Å²) >= 11 is 5.79. The summed E-state index contributed by atoms with van der Waals surface area (Å²) in [4.78, 5) is 8.77. The maximum Gasteiger partial charge on any atom is 0.134 e. The molecule has 0 N–H and O–H groups in total. The smallest absolute Gasteiger partial charge is 0.134 e. The topological polar surface area (TPSA) is 35.0 Å². The first-order chi connectivity index (χ1) is 6.81. The third kappa shape index (κ3) is 1.88. The Hall–Kier alpha value is -0.670. The highest BCUT2D eigenvalue weighted by atomic mass is 35.5. The predicted octanol–water partition coefficient (Wildman–Crippen LogP) is 2.03. The van der Waals surface area contributed by atoms with Gasteiger partial charge in [-0.3, -0.25) is 0 Å². The third-order valence-electron chi connectivity index (χ3n) is 2.52. The van der Waals surface area contributed by atoms with Crippen molar-refractivity contribution in [2.24, 2.45) is 0 Å². The number of hydrogen-bond donors (Lipinski definition) is 0. The van der Waals surface area contributed by atoms with E-state index in [-0.39, 0.29) is 0 Å². The molecule has 0 spiro atoms. The molecule has 1 unspecified atom stereocenters. The van der Waals surface area contributed by atoms with Gasteiger partial charge in [0.05, 0.1) is 18.2 Å². The van der Waals surface area contributed by atoms with Crippen molar-refractivity contribution in [2.75, 3.05) is 13.2 Å². The van der Waals surface area contributed by atoms with E-state index in [1.807, 2.05) is 13.1 Å². The van der Waals surface area contributed by atoms with Crippen LogP contribution >= 0.6 is 11.6 Å². The van der Waals surface area contributed by atoms with E-state index in [1.54, 1.807) is 0 Å². The van der Waals surface area contributed by atoms with Gasteiger partial charge in [-0.15, -0.1) is 11.6 Å². The molecular weight excluding hydrogens is 200 g/mol. The van der Waals surface area contributed by atoms with Crippen molar-refractivity contribution in [2.45, 2.75) is 25.1 Å². The summed E-state index contributed by atoms with van der Waals surface area (Å²) in [6.07, 6.45) is 2.86. The lowest BCUT2D eigenvalue weighted by Crippen LogP contribution is -2.06. The van der Waals surface area contributed by atoms with Crippen molar-refractivity contribution < 1.29 is 4.74 Å². The van der Waals surface area contributed by atoms with E-state index >= 15 is 0 Å². The van der Waals surface area contributed by atoms with Gasteiger partial charge in [0.25, 0.3) is 0 Å². The lowest BCUT2D eigenvalue weighted by atomic mass is 10.1. The molecule has 0 saturated carbocycles. The van der Waals surface area contributed by atoms with Gasteiger partial charge in [-0.1, -0.05) is 0 Å². The highest BCUT2D eigenvalue weighted by Gasteiger charge is 2.20. The molecule has 0 aromatic carbocycles. The van der Waals surface area contributed by atoms with E-state index < -0.39 is 0 Å². The Morgan fingerprint density at radius 2 is 2.50 bits per heavy atom. The standard InChI is InChI=1S/C10H13ClN2O/c1-7-5-12-10(13-9(7)4-11)8-2-3-14-6-8/h5,8H,2-4,6H2,1H3. The molecule has 14 heavy (non-hydrogen) atoms. The molecule has 3 nitrogen and oxygen atoms in total. The largest absolute Gasteiger partial charge is 0.381 e. The number of nitrogens with zero attached hydrogens (tertiary/aromatic N) is 2. The van der Waals surface area contributed by atoms with Crippen LogP contribution in [0.4, 0.5) is 0 Å². The molecule has 0 radical (unpaired) electrons. The van der Waals surface area contributed by atoms with E-state index in [1.165, 1.54) is 0 Å². The Balaban J connectivity index is 2.25. The zero-order valence-electron chi connectivity index (χ0n) is 8.16. The fourth-order valence-electron chi connectivity index (χ4n) is 1.56. The zero-order chi connectivity index (χ0) is 9.97. The van der Waals surface area contributed by atoms with Crippen molar-refractivity contribution in [3.05, 3.63) is 23.3 Å². The summed E-state index contributed by atoms with van der Waals surface area (Å²) in [6, 6.07) is 0. The van der Waals surface area contributed by atoms with E-state index in [9.17, 15) is 0 Å². The summed E-state index contributed by atoms with van der Waals surface area (Å²) in [5, 5.41) is 0. The molecule has 0 amide bonds. The molecule has 1 fully saturated rings. The molecule has 0 aliphatic carbocycles. The van der Waals surface area contributed by atoms with Gasteiger partial charge in [-0.25, -0.2) is 9.97 Å². The summed E-state index contributed by atoms with van der Waals surface area (Å²) in [7, 11) is 0. The highest BCUT2D eigenvalue weighted by Crippen LogP contribution is 2.22. The van der Waals surface area contributed by atoms with Gasteiger partial charge < -0.3 is 4.74 Å². The highest BCUT2D eigenvalue weighted by molar-refractivity contribution is 6.16. The van der Waals surface area contributed by atoms with Gasteiger partial charge in [0.2, 0.25) is 0 Å². The average Bonchev–Trinajstić information content (AvgIpc) is 2.71. The second-order valence-corrected chi connectivity index (χ2v) is 3.82. The van der Waals surface area contributed by atoms with E-state index in [2.05, 4.69) is 9.97 Å². The van der Waals surface area contributed by atoms with Crippen LogP contribution in [0.15, 0.2) is 6.20 Å². The molecule has 1 aromatic heterocycles. The van der Waals surface area contributed by atoms with Gasteiger partial charge in [-0.2, -0.15) is 0 Å². The lowest BCUT2D eigenvalue weighted by Gasteiger charge is -2.08. The van der Waals surface area contributed by atoms with Gasteiger partial charge in [-0.05, 0) is 18.9 Å². The Labute approximate surface area is 88.5 Å². The van der Waals surface area contributed by atoms with Gasteiger partial charge in [0.1, 0.15) is 5.82 Å². The van der Waals surface area contributed by atoms with Crippen molar-refractivity contribution >= 4 is 11.6 Å². The number of aryl methyl sites for hydroxylation is 1. The molecule has 76 valence electrons. The summed E-state index contributed by atoms with van der Waals surface area (Å²) < 4.78 is 5.30. The van der Waals surface area contributed by atoms with Crippen LogP contribution in [0.3, 0.4) is 0 Å². The lowest BCUT2D eigenvalue weighted by molar-refractivity contribution is 0.193. The van der Waals surface area contributed by atoms with Crippen molar-refractivity contribution in [1.82, 2.24) is 9.97 Å². The normalized spacial score (nSPS) is 21.4. The van der Waals surface area contributed by atoms with Crippen LogP contribution in [0.1, 0.15) is 29.4 Å². The van der Waals surface area contributed by atoms with Crippen LogP contribution in [0.25, 0.3) is 0 Å². The van der Waals surface area contributed by atoms with E-state index in [0.717, 1.165) is 36.7 Å². The van der Waals surface area contributed by atoms with Crippen LogP contribution in [0, 0.1) is 6.92 Å². The Morgan fingerprint density at radius 1 is 1.64 bits per heavy atom. The fourth-order valence-corrected chi connectivity index (χ4v) is 1.83. The van der Waals surface area contributed by atoms with E-state index in [0.29, 0.717) is 11.8 Å². The minimum Gasteiger partial charge on any atom is -0.381 e. The molecular formula is C10H13ClN2O. The average molecular weight is 213 g/mol. The number of halogens is 1. The number of ether oxygens (including phenoxy) is 1. The minimum absolute atomic E-state index is 0.359. The Morgan fingerprint density at radius 3 is 3.14 bits per heavy atom. The molecule has 1 atom stereocenters. The summed E-state index contributed by atoms with van der Waals surface area (Å²) in [5.74, 6) is 1.69. The molecule has 1 aliphatic rings. The molecule has 0 bridgehead atoms. The SMILES string of the molecule is Cc1cnc(C2CCOC2)nc1CCl. The van der Waals surface area contributed by atoms with Crippen LogP contribution in [-0.4, -0.2) is 23.2 Å².